The Morgan fingerprint density at radius 2 is 2.15 bits per heavy atom. The minimum atomic E-state index is 0.590. The van der Waals surface area contributed by atoms with Crippen LogP contribution >= 0.6 is 0 Å². The normalized spacial score (nSPS) is 20.1. The molecule has 70 valence electrons. The second kappa shape index (κ2) is 3.38. The molecule has 1 aliphatic heterocycles. The third kappa shape index (κ3) is 1.83. The molecule has 0 spiro atoms. The Bertz CT molecular complexity index is 269. The Morgan fingerprint density at radius 3 is 2.85 bits per heavy atom. The zero-order valence-electron chi connectivity index (χ0n) is 8.25. The fourth-order valence-corrected chi connectivity index (χ4v) is 1.93. The minimum absolute atomic E-state index is 0.590. The fraction of sp³-hybridized carbons (Fsp3) is 0.455. The van der Waals surface area contributed by atoms with Crippen molar-refractivity contribution in [3.63, 3.8) is 0 Å². The first-order chi connectivity index (χ1) is 6.25. The number of likely N-dealkylation sites (N-methyl/N-ethyl adjacent to an activating group) is 1. The summed E-state index contributed by atoms with van der Waals surface area (Å²) in [5.74, 6) is 0. The largest absolute Gasteiger partial charge is 0.380 e. The molecule has 0 saturated carbocycles. The van der Waals surface area contributed by atoms with E-state index in [9.17, 15) is 0 Å². The third-order valence-electron chi connectivity index (χ3n) is 2.43. The van der Waals surface area contributed by atoms with Gasteiger partial charge in [0.05, 0.1) is 0 Å². The van der Waals surface area contributed by atoms with Crippen LogP contribution in [0.2, 0.25) is 0 Å². The van der Waals surface area contributed by atoms with Crippen molar-refractivity contribution in [2.24, 2.45) is 0 Å². The zero-order chi connectivity index (χ0) is 9.26. The molecule has 0 radical (unpaired) electrons. The first-order valence-electron chi connectivity index (χ1n) is 4.75. The maximum absolute atomic E-state index is 3.52. The number of hydrogen-bond donors (Lipinski definition) is 1. The van der Waals surface area contributed by atoms with Crippen molar-refractivity contribution >= 4 is 5.69 Å². The van der Waals surface area contributed by atoms with Crippen LogP contribution in [0, 0.1) is 0 Å². The molecule has 2 nitrogen and oxygen atoms in total. The number of nitrogens with one attached hydrogen (secondary N) is 1. The van der Waals surface area contributed by atoms with E-state index in [1.807, 2.05) is 0 Å². The predicted octanol–water partition coefficient (Wildman–Crippen LogP) is 1.58. The van der Waals surface area contributed by atoms with Crippen LogP contribution in [0.1, 0.15) is 5.56 Å². The van der Waals surface area contributed by atoms with E-state index in [0.29, 0.717) is 6.04 Å². The fourth-order valence-electron chi connectivity index (χ4n) is 1.93. The van der Waals surface area contributed by atoms with Crippen LogP contribution in [0.25, 0.3) is 0 Å². The van der Waals surface area contributed by atoms with Crippen molar-refractivity contribution < 1.29 is 0 Å². The summed E-state index contributed by atoms with van der Waals surface area (Å²) in [6.07, 6.45) is 1.16. The molecule has 0 amide bonds. The Kier molecular flexibility index (Phi) is 2.23. The summed E-state index contributed by atoms with van der Waals surface area (Å²) < 4.78 is 0. The van der Waals surface area contributed by atoms with E-state index in [1.165, 1.54) is 11.3 Å². The second-order valence-corrected chi connectivity index (χ2v) is 3.96. The van der Waals surface area contributed by atoms with Crippen molar-refractivity contribution in [2.75, 3.05) is 26.0 Å². The number of benzene rings is 1. The van der Waals surface area contributed by atoms with Gasteiger partial charge in [0.2, 0.25) is 0 Å². The number of nitrogens with zero attached hydrogens (tertiary/aromatic N) is 1. The van der Waals surface area contributed by atoms with E-state index in [2.05, 4.69) is 48.6 Å². The summed E-state index contributed by atoms with van der Waals surface area (Å²) in [5.41, 5.74) is 2.77. The molecule has 1 aliphatic rings. The molecule has 0 bridgehead atoms. The number of anilines is 1. The predicted molar refractivity (Wildman–Crippen MR) is 56.1 cm³/mol. The lowest BCUT2D eigenvalue weighted by molar-refractivity contribution is 0.386. The van der Waals surface area contributed by atoms with Crippen LogP contribution in [-0.2, 0) is 6.42 Å². The van der Waals surface area contributed by atoms with Crippen molar-refractivity contribution in [2.45, 2.75) is 12.5 Å². The lowest BCUT2D eigenvalue weighted by Gasteiger charge is -2.16. The maximum Gasteiger partial charge on any atom is 0.0429 e. The number of rotatable bonds is 2. The van der Waals surface area contributed by atoms with E-state index in [4.69, 9.17) is 0 Å². The van der Waals surface area contributed by atoms with Gasteiger partial charge < -0.3 is 10.2 Å². The monoisotopic (exact) mass is 176 g/mol. The van der Waals surface area contributed by atoms with Crippen LogP contribution < -0.4 is 5.32 Å². The summed E-state index contributed by atoms with van der Waals surface area (Å²) in [7, 11) is 4.23. The molecule has 0 aromatic heterocycles. The van der Waals surface area contributed by atoms with Crippen LogP contribution in [0.3, 0.4) is 0 Å². The SMILES string of the molecule is CN(C)CC1Cc2ccccc2N1. The molecular weight excluding hydrogens is 160 g/mol. The first-order valence-corrected chi connectivity index (χ1v) is 4.75. The molecule has 2 heteroatoms. The molecule has 0 aliphatic carbocycles. The van der Waals surface area contributed by atoms with Crippen molar-refractivity contribution in [1.82, 2.24) is 4.90 Å². The van der Waals surface area contributed by atoms with Gasteiger partial charge in [-0.2, -0.15) is 0 Å². The lowest BCUT2D eigenvalue weighted by atomic mass is 10.1. The van der Waals surface area contributed by atoms with Crippen LogP contribution in [0.4, 0.5) is 5.69 Å². The summed E-state index contributed by atoms with van der Waals surface area (Å²) in [6, 6.07) is 9.15. The molecule has 13 heavy (non-hydrogen) atoms. The molecule has 1 atom stereocenters. The smallest absolute Gasteiger partial charge is 0.0429 e. The molecule has 1 heterocycles. The average Bonchev–Trinajstić information content (AvgIpc) is 2.44. The van der Waals surface area contributed by atoms with Gasteiger partial charge >= 0.3 is 0 Å². The molecule has 1 unspecified atom stereocenters. The highest BCUT2D eigenvalue weighted by Crippen LogP contribution is 2.24. The zero-order valence-corrected chi connectivity index (χ0v) is 8.25. The van der Waals surface area contributed by atoms with E-state index in [0.717, 1.165) is 13.0 Å². The van der Waals surface area contributed by atoms with Crippen LogP contribution in [0.5, 0.6) is 0 Å². The van der Waals surface area contributed by atoms with Crippen molar-refractivity contribution in [3.8, 4) is 0 Å². The van der Waals surface area contributed by atoms with Crippen molar-refractivity contribution in [1.29, 1.82) is 0 Å². The molecule has 0 saturated heterocycles. The topological polar surface area (TPSA) is 15.3 Å². The van der Waals surface area contributed by atoms with Gasteiger partial charge in [0.25, 0.3) is 0 Å². The number of fused-ring (bicyclic) bond motifs is 1. The van der Waals surface area contributed by atoms with Gasteiger partial charge in [0.1, 0.15) is 0 Å². The highest BCUT2D eigenvalue weighted by molar-refractivity contribution is 5.56. The van der Waals surface area contributed by atoms with E-state index in [1.54, 1.807) is 0 Å². The minimum Gasteiger partial charge on any atom is -0.380 e. The number of hydrogen-bond acceptors (Lipinski definition) is 2. The van der Waals surface area contributed by atoms with Gasteiger partial charge in [-0.05, 0) is 32.1 Å². The first kappa shape index (κ1) is 8.57. The molecule has 1 N–H and O–H groups in total. The summed E-state index contributed by atoms with van der Waals surface area (Å²) in [5, 5.41) is 3.52. The molecule has 2 rings (SSSR count). The van der Waals surface area contributed by atoms with E-state index in [-0.39, 0.29) is 0 Å². The van der Waals surface area contributed by atoms with Gasteiger partial charge in [0, 0.05) is 18.3 Å². The third-order valence-corrected chi connectivity index (χ3v) is 2.43. The van der Waals surface area contributed by atoms with Gasteiger partial charge in [-0.3, -0.25) is 0 Å². The standard InChI is InChI=1S/C11H16N2/c1-13(2)8-10-7-9-5-3-4-6-11(9)12-10/h3-6,10,12H,7-8H2,1-2H3. The quantitative estimate of drug-likeness (QED) is 0.736. The number of para-hydroxylation sites is 1. The Morgan fingerprint density at radius 1 is 1.38 bits per heavy atom. The molecule has 1 aromatic carbocycles. The van der Waals surface area contributed by atoms with Crippen LogP contribution in [-0.4, -0.2) is 31.6 Å². The Balaban J connectivity index is 2.05. The summed E-state index contributed by atoms with van der Waals surface area (Å²) >= 11 is 0. The van der Waals surface area contributed by atoms with Gasteiger partial charge in [0.15, 0.2) is 0 Å². The Labute approximate surface area is 79.6 Å². The highest BCUT2D eigenvalue weighted by atomic mass is 15.1. The summed E-state index contributed by atoms with van der Waals surface area (Å²) in [4.78, 5) is 2.23. The second-order valence-electron chi connectivity index (χ2n) is 3.96. The Hall–Kier alpha value is -1.02. The molecule has 0 fully saturated rings. The van der Waals surface area contributed by atoms with Gasteiger partial charge in [-0.25, -0.2) is 0 Å². The van der Waals surface area contributed by atoms with E-state index >= 15 is 0 Å². The van der Waals surface area contributed by atoms with Crippen molar-refractivity contribution in [3.05, 3.63) is 29.8 Å². The molecular formula is C11H16N2. The van der Waals surface area contributed by atoms with E-state index < -0.39 is 0 Å². The van der Waals surface area contributed by atoms with Gasteiger partial charge in [-0.15, -0.1) is 0 Å². The molecule has 1 aromatic rings. The van der Waals surface area contributed by atoms with Gasteiger partial charge in [-0.1, -0.05) is 18.2 Å². The average molecular weight is 176 g/mol. The highest BCUT2D eigenvalue weighted by Gasteiger charge is 2.19. The maximum atomic E-state index is 3.52. The van der Waals surface area contributed by atoms with Crippen LogP contribution in [0.15, 0.2) is 24.3 Å². The lowest BCUT2D eigenvalue weighted by Crippen LogP contribution is -2.30. The summed E-state index contributed by atoms with van der Waals surface area (Å²) in [6.45, 7) is 1.11.